The number of halogens is 3. The molecule has 0 radical (unpaired) electrons. The topological polar surface area (TPSA) is 35.5 Å². The maximum atomic E-state index is 13.8. The third-order valence-electron chi connectivity index (χ3n) is 4.92. The Kier molecular flexibility index (Phi) is 6.75. The van der Waals surface area contributed by atoms with Crippen LogP contribution in [0.15, 0.2) is 18.2 Å². The molecule has 0 atom stereocenters. The number of hydrogen-bond acceptors (Lipinski definition) is 3. The third-order valence-corrected chi connectivity index (χ3v) is 4.92. The van der Waals surface area contributed by atoms with Crippen molar-refractivity contribution in [2.75, 3.05) is 6.61 Å². The second kappa shape index (κ2) is 8.41. The zero-order valence-electron chi connectivity index (χ0n) is 18.1. The number of carbonyl (C=O) groups is 1. The summed E-state index contributed by atoms with van der Waals surface area (Å²) in [6.45, 7) is 11.6. The molecule has 1 aromatic carbocycles. The smallest absolute Gasteiger partial charge is 0.416 e. The summed E-state index contributed by atoms with van der Waals surface area (Å²) in [5.74, 6) is -0.306. The first-order valence-electron chi connectivity index (χ1n) is 10.0. The Balaban J connectivity index is 2.71. The number of benzene rings is 1. The lowest BCUT2D eigenvalue weighted by atomic mass is 9.75. The van der Waals surface area contributed by atoms with Crippen LogP contribution in [0.1, 0.15) is 77.5 Å². The van der Waals surface area contributed by atoms with Gasteiger partial charge in [-0.1, -0.05) is 19.9 Å². The molecule has 1 aliphatic carbocycles. The van der Waals surface area contributed by atoms with E-state index in [1.165, 1.54) is 6.07 Å². The summed E-state index contributed by atoms with van der Waals surface area (Å²) in [7, 11) is 0. The molecule has 0 bridgehead atoms. The molecule has 29 heavy (non-hydrogen) atoms. The van der Waals surface area contributed by atoms with Gasteiger partial charge in [-0.3, -0.25) is 4.79 Å². The maximum Gasteiger partial charge on any atom is 0.416 e. The predicted octanol–water partition coefficient (Wildman–Crippen LogP) is 6.58. The highest BCUT2D eigenvalue weighted by atomic mass is 19.4. The van der Waals surface area contributed by atoms with E-state index in [0.717, 1.165) is 24.5 Å². The number of esters is 1. The standard InChI is InChI=1S/C23H31F3O3/c1-7-28-19(27)14-16-17(23(24,25)26)8-9-18(29-21(2,3)4)20(16)15-10-12-22(5,6)13-11-15/h8-10H,7,11-14H2,1-6H3. The normalized spacial score (nSPS) is 16.9. The average molecular weight is 412 g/mol. The molecule has 1 aliphatic rings. The highest BCUT2D eigenvalue weighted by Gasteiger charge is 2.37. The van der Waals surface area contributed by atoms with E-state index in [2.05, 4.69) is 13.8 Å². The van der Waals surface area contributed by atoms with Crippen molar-refractivity contribution in [2.24, 2.45) is 5.41 Å². The second-order valence-corrected chi connectivity index (χ2v) is 9.26. The lowest BCUT2D eigenvalue weighted by Crippen LogP contribution is -2.25. The molecular formula is C23H31F3O3. The van der Waals surface area contributed by atoms with Crippen LogP contribution in [0.4, 0.5) is 13.2 Å². The largest absolute Gasteiger partial charge is 0.488 e. The van der Waals surface area contributed by atoms with E-state index in [1.807, 2.05) is 26.8 Å². The Bertz CT molecular complexity index is 784. The van der Waals surface area contributed by atoms with Crippen molar-refractivity contribution >= 4 is 11.5 Å². The Morgan fingerprint density at radius 2 is 1.83 bits per heavy atom. The highest BCUT2D eigenvalue weighted by molar-refractivity contribution is 5.81. The van der Waals surface area contributed by atoms with E-state index in [9.17, 15) is 18.0 Å². The number of carbonyl (C=O) groups excluding carboxylic acids is 1. The van der Waals surface area contributed by atoms with Gasteiger partial charge in [0.25, 0.3) is 0 Å². The van der Waals surface area contributed by atoms with Crippen LogP contribution in [0.5, 0.6) is 5.75 Å². The van der Waals surface area contributed by atoms with Crippen LogP contribution in [0, 0.1) is 5.41 Å². The van der Waals surface area contributed by atoms with Gasteiger partial charge in [0, 0.05) is 5.56 Å². The van der Waals surface area contributed by atoms with Crippen LogP contribution in [0.2, 0.25) is 0 Å². The number of hydrogen-bond donors (Lipinski definition) is 0. The fraction of sp³-hybridized carbons (Fsp3) is 0.609. The van der Waals surface area contributed by atoms with Crippen LogP contribution in [0.3, 0.4) is 0 Å². The van der Waals surface area contributed by atoms with Gasteiger partial charge in [0.2, 0.25) is 0 Å². The molecule has 0 aliphatic heterocycles. The Hall–Kier alpha value is -1.98. The molecule has 2 rings (SSSR count). The van der Waals surface area contributed by atoms with Crippen molar-refractivity contribution in [3.63, 3.8) is 0 Å². The zero-order chi connectivity index (χ0) is 22.0. The summed E-state index contributed by atoms with van der Waals surface area (Å²) in [5, 5.41) is 0. The summed E-state index contributed by atoms with van der Waals surface area (Å²) < 4.78 is 52.4. The summed E-state index contributed by atoms with van der Waals surface area (Å²) in [4.78, 5) is 12.2. The van der Waals surface area contributed by atoms with Gasteiger partial charge in [-0.2, -0.15) is 13.2 Å². The van der Waals surface area contributed by atoms with Gasteiger partial charge in [-0.15, -0.1) is 0 Å². The van der Waals surface area contributed by atoms with Gasteiger partial charge in [0.15, 0.2) is 0 Å². The van der Waals surface area contributed by atoms with Gasteiger partial charge < -0.3 is 9.47 Å². The SMILES string of the molecule is CCOC(=O)Cc1c(C(F)(F)F)ccc(OC(C)(C)C)c1C1=CCC(C)(C)CC1. The summed E-state index contributed by atoms with van der Waals surface area (Å²) >= 11 is 0. The Morgan fingerprint density at radius 1 is 1.17 bits per heavy atom. The maximum absolute atomic E-state index is 13.8. The fourth-order valence-electron chi connectivity index (χ4n) is 3.50. The minimum atomic E-state index is -4.58. The molecule has 3 nitrogen and oxygen atoms in total. The van der Waals surface area contributed by atoms with Gasteiger partial charge in [-0.25, -0.2) is 0 Å². The van der Waals surface area contributed by atoms with E-state index in [-0.39, 0.29) is 17.6 Å². The summed E-state index contributed by atoms with van der Waals surface area (Å²) in [6, 6.07) is 2.38. The molecule has 0 fully saturated rings. The Morgan fingerprint density at radius 3 is 2.31 bits per heavy atom. The minimum absolute atomic E-state index is 0.0661. The van der Waals surface area contributed by atoms with Crippen molar-refractivity contribution in [1.29, 1.82) is 0 Å². The van der Waals surface area contributed by atoms with Crippen molar-refractivity contribution in [3.05, 3.63) is 34.9 Å². The van der Waals surface area contributed by atoms with Crippen LogP contribution in [0.25, 0.3) is 5.57 Å². The zero-order valence-corrected chi connectivity index (χ0v) is 18.1. The quantitative estimate of drug-likeness (QED) is 0.512. The first kappa shape index (κ1) is 23.3. The van der Waals surface area contributed by atoms with Gasteiger partial charge in [-0.05, 0) is 75.6 Å². The van der Waals surface area contributed by atoms with Gasteiger partial charge >= 0.3 is 12.1 Å². The monoisotopic (exact) mass is 412 g/mol. The molecular weight excluding hydrogens is 381 g/mol. The molecule has 0 aromatic heterocycles. The van der Waals surface area contributed by atoms with Crippen LogP contribution >= 0.6 is 0 Å². The van der Waals surface area contributed by atoms with E-state index in [0.29, 0.717) is 17.7 Å². The van der Waals surface area contributed by atoms with Crippen molar-refractivity contribution in [2.45, 2.75) is 79.0 Å². The van der Waals surface area contributed by atoms with Crippen molar-refractivity contribution in [1.82, 2.24) is 0 Å². The van der Waals surface area contributed by atoms with E-state index in [4.69, 9.17) is 9.47 Å². The van der Waals surface area contributed by atoms with Crippen molar-refractivity contribution < 1.29 is 27.4 Å². The lowest BCUT2D eigenvalue weighted by molar-refractivity contribution is -0.143. The molecule has 0 spiro atoms. The minimum Gasteiger partial charge on any atom is -0.488 e. The van der Waals surface area contributed by atoms with Gasteiger partial charge in [0.05, 0.1) is 18.6 Å². The van der Waals surface area contributed by atoms with E-state index < -0.39 is 29.7 Å². The average Bonchev–Trinajstić information content (AvgIpc) is 2.53. The molecule has 162 valence electrons. The molecule has 0 amide bonds. The number of allylic oxidation sites excluding steroid dienone is 2. The number of ether oxygens (including phenoxy) is 2. The van der Waals surface area contributed by atoms with Crippen LogP contribution in [-0.2, 0) is 22.1 Å². The summed E-state index contributed by atoms with van der Waals surface area (Å²) in [5.41, 5.74) is -0.190. The second-order valence-electron chi connectivity index (χ2n) is 9.26. The third kappa shape index (κ3) is 6.25. The molecule has 6 heteroatoms. The fourth-order valence-corrected chi connectivity index (χ4v) is 3.50. The first-order valence-corrected chi connectivity index (χ1v) is 10.0. The van der Waals surface area contributed by atoms with E-state index in [1.54, 1.807) is 6.92 Å². The molecule has 0 unspecified atom stereocenters. The first-order chi connectivity index (χ1) is 13.2. The van der Waals surface area contributed by atoms with E-state index >= 15 is 0 Å². The molecule has 0 saturated carbocycles. The van der Waals surface area contributed by atoms with Crippen molar-refractivity contribution in [3.8, 4) is 5.75 Å². The molecule has 0 N–H and O–H groups in total. The highest BCUT2D eigenvalue weighted by Crippen LogP contribution is 2.45. The molecule has 1 aromatic rings. The van der Waals surface area contributed by atoms with Crippen LogP contribution < -0.4 is 4.74 Å². The summed E-state index contributed by atoms with van der Waals surface area (Å²) in [6.07, 6.45) is -0.797. The number of rotatable bonds is 5. The lowest BCUT2D eigenvalue weighted by Gasteiger charge is -2.32. The number of alkyl halides is 3. The Labute approximate surface area is 171 Å². The van der Waals surface area contributed by atoms with Crippen LogP contribution in [-0.4, -0.2) is 18.2 Å². The predicted molar refractivity (Wildman–Crippen MR) is 108 cm³/mol. The molecule has 0 saturated heterocycles. The van der Waals surface area contributed by atoms with Gasteiger partial charge in [0.1, 0.15) is 11.4 Å². The molecule has 0 heterocycles.